The van der Waals surface area contributed by atoms with Crippen LogP contribution in [-0.4, -0.2) is 33.0 Å². The van der Waals surface area contributed by atoms with Crippen LogP contribution in [0.25, 0.3) is 11.0 Å². The molecular formula is C14H15N3O3. The van der Waals surface area contributed by atoms with Crippen molar-refractivity contribution in [3.05, 3.63) is 30.1 Å². The Morgan fingerprint density at radius 1 is 1.45 bits per heavy atom. The van der Waals surface area contributed by atoms with Crippen molar-refractivity contribution in [3.63, 3.8) is 0 Å². The van der Waals surface area contributed by atoms with E-state index in [2.05, 4.69) is 15.3 Å². The maximum absolute atomic E-state index is 11.9. The van der Waals surface area contributed by atoms with Crippen molar-refractivity contribution in [1.29, 1.82) is 0 Å². The summed E-state index contributed by atoms with van der Waals surface area (Å²) in [6.07, 6.45) is 0.706. The number of carboxylic acids is 1. The van der Waals surface area contributed by atoms with E-state index in [4.69, 9.17) is 5.11 Å². The SMILES string of the molecule is CC(NC(=O)[C@@H]1C[C@H]1c1nc2ccccc2[nH]1)C(=O)O. The van der Waals surface area contributed by atoms with E-state index in [0.29, 0.717) is 6.42 Å². The summed E-state index contributed by atoms with van der Waals surface area (Å²) >= 11 is 0. The minimum Gasteiger partial charge on any atom is -0.480 e. The summed E-state index contributed by atoms with van der Waals surface area (Å²) in [4.78, 5) is 30.3. The van der Waals surface area contributed by atoms with Crippen molar-refractivity contribution in [2.45, 2.75) is 25.3 Å². The normalized spacial score (nSPS) is 22.4. The third kappa shape index (κ3) is 2.24. The Labute approximate surface area is 115 Å². The van der Waals surface area contributed by atoms with Crippen LogP contribution >= 0.6 is 0 Å². The molecule has 6 heteroatoms. The van der Waals surface area contributed by atoms with E-state index >= 15 is 0 Å². The maximum atomic E-state index is 11.9. The van der Waals surface area contributed by atoms with E-state index in [1.54, 1.807) is 0 Å². The quantitative estimate of drug-likeness (QED) is 0.781. The number of hydrogen-bond donors (Lipinski definition) is 3. The number of nitrogens with one attached hydrogen (secondary N) is 2. The molecule has 20 heavy (non-hydrogen) atoms. The molecule has 0 saturated heterocycles. The summed E-state index contributed by atoms with van der Waals surface area (Å²) in [7, 11) is 0. The second-order valence-corrected chi connectivity index (χ2v) is 5.16. The number of aromatic nitrogens is 2. The summed E-state index contributed by atoms with van der Waals surface area (Å²) in [5.74, 6) is -0.570. The molecule has 3 N–H and O–H groups in total. The number of rotatable bonds is 4. The highest BCUT2D eigenvalue weighted by Crippen LogP contribution is 2.46. The largest absolute Gasteiger partial charge is 0.480 e. The molecule has 1 unspecified atom stereocenters. The zero-order valence-electron chi connectivity index (χ0n) is 11.0. The number of benzene rings is 1. The third-order valence-corrected chi connectivity index (χ3v) is 3.62. The maximum Gasteiger partial charge on any atom is 0.325 e. The molecule has 0 bridgehead atoms. The van der Waals surface area contributed by atoms with Gasteiger partial charge in [0.25, 0.3) is 0 Å². The lowest BCUT2D eigenvalue weighted by atomic mass is 10.2. The van der Waals surface area contributed by atoms with Crippen LogP contribution in [0.15, 0.2) is 24.3 Å². The van der Waals surface area contributed by atoms with Gasteiger partial charge in [0, 0.05) is 11.8 Å². The average molecular weight is 273 g/mol. The molecule has 0 radical (unpaired) electrons. The summed E-state index contributed by atoms with van der Waals surface area (Å²) < 4.78 is 0. The first-order valence-corrected chi connectivity index (χ1v) is 6.54. The van der Waals surface area contributed by atoms with E-state index < -0.39 is 12.0 Å². The van der Waals surface area contributed by atoms with Crippen molar-refractivity contribution < 1.29 is 14.7 Å². The molecule has 2 aromatic rings. The molecule has 1 aliphatic carbocycles. The minimum absolute atomic E-state index is 0.0587. The van der Waals surface area contributed by atoms with Crippen molar-refractivity contribution in [1.82, 2.24) is 15.3 Å². The number of carbonyl (C=O) groups excluding carboxylic acids is 1. The molecule has 1 amide bonds. The van der Waals surface area contributed by atoms with Crippen LogP contribution in [0.5, 0.6) is 0 Å². The summed E-state index contributed by atoms with van der Waals surface area (Å²) in [6, 6.07) is 6.84. The van der Waals surface area contributed by atoms with Gasteiger partial charge in [0.15, 0.2) is 0 Å². The van der Waals surface area contributed by atoms with E-state index in [1.165, 1.54) is 6.92 Å². The van der Waals surface area contributed by atoms with Crippen molar-refractivity contribution in [2.24, 2.45) is 5.92 Å². The van der Waals surface area contributed by atoms with Gasteiger partial charge >= 0.3 is 5.97 Å². The van der Waals surface area contributed by atoms with Crippen LogP contribution in [0, 0.1) is 5.92 Å². The number of fused-ring (bicyclic) bond motifs is 1. The van der Waals surface area contributed by atoms with Gasteiger partial charge in [0.2, 0.25) is 5.91 Å². The van der Waals surface area contributed by atoms with Crippen LogP contribution in [0.3, 0.4) is 0 Å². The number of nitrogens with zero attached hydrogens (tertiary/aromatic N) is 1. The molecule has 1 aliphatic rings. The Bertz CT molecular complexity index is 646. The van der Waals surface area contributed by atoms with E-state index in [9.17, 15) is 9.59 Å². The van der Waals surface area contributed by atoms with Gasteiger partial charge in [-0.3, -0.25) is 9.59 Å². The second-order valence-electron chi connectivity index (χ2n) is 5.16. The molecule has 1 fully saturated rings. The number of aromatic amines is 1. The van der Waals surface area contributed by atoms with E-state index in [1.807, 2.05) is 24.3 Å². The Kier molecular flexibility index (Phi) is 2.93. The molecule has 3 rings (SSSR count). The molecule has 3 atom stereocenters. The number of carboxylic acid groups (broad SMARTS) is 1. The van der Waals surface area contributed by atoms with Gasteiger partial charge in [-0.25, -0.2) is 4.98 Å². The Morgan fingerprint density at radius 2 is 2.20 bits per heavy atom. The summed E-state index contributed by atoms with van der Waals surface area (Å²) in [5.41, 5.74) is 1.83. The van der Waals surface area contributed by atoms with E-state index in [0.717, 1.165) is 16.9 Å². The first-order valence-electron chi connectivity index (χ1n) is 6.54. The topological polar surface area (TPSA) is 95.1 Å². The molecule has 1 aromatic heterocycles. The van der Waals surface area contributed by atoms with Crippen LogP contribution in [0.4, 0.5) is 0 Å². The fourth-order valence-electron chi connectivity index (χ4n) is 2.32. The zero-order chi connectivity index (χ0) is 14.3. The standard InChI is InChI=1S/C14H15N3O3/c1-7(14(19)20)15-13(18)9-6-8(9)12-16-10-4-2-3-5-11(10)17-12/h2-5,7-9H,6H2,1H3,(H,15,18)(H,16,17)(H,19,20)/t7?,8-,9-/m1/s1. The van der Waals surface area contributed by atoms with Gasteiger partial charge in [-0.2, -0.15) is 0 Å². The van der Waals surface area contributed by atoms with E-state index in [-0.39, 0.29) is 17.7 Å². The monoisotopic (exact) mass is 273 g/mol. The summed E-state index contributed by atoms with van der Waals surface area (Å²) in [6.45, 7) is 1.46. The molecule has 0 spiro atoms. The Hall–Kier alpha value is -2.37. The number of para-hydroxylation sites is 2. The first kappa shape index (κ1) is 12.7. The van der Waals surface area contributed by atoms with Gasteiger partial charge < -0.3 is 15.4 Å². The van der Waals surface area contributed by atoms with Crippen LogP contribution in [-0.2, 0) is 9.59 Å². The predicted octanol–water partition coefficient (Wildman–Crippen LogP) is 1.26. The molecule has 1 heterocycles. The highest BCUT2D eigenvalue weighted by molar-refractivity contribution is 5.87. The third-order valence-electron chi connectivity index (χ3n) is 3.62. The minimum atomic E-state index is -1.03. The van der Waals surface area contributed by atoms with Gasteiger partial charge in [0.05, 0.1) is 11.0 Å². The zero-order valence-corrected chi connectivity index (χ0v) is 11.0. The summed E-state index contributed by atoms with van der Waals surface area (Å²) in [5, 5.41) is 11.3. The lowest BCUT2D eigenvalue weighted by molar-refractivity contribution is -0.141. The number of H-pyrrole nitrogens is 1. The number of carbonyl (C=O) groups is 2. The highest BCUT2D eigenvalue weighted by Gasteiger charge is 2.46. The number of amides is 1. The van der Waals surface area contributed by atoms with Crippen LogP contribution in [0.1, 0.15) is 25.1 Å². The smallest absolute Gasteiger partial charge is 0.325 e. The van der Waals surface area contributed by atoms with Crippen LogP contribution < -0.4 is 5.32 Å². The second kappa shape index (κ2) is 4.63. The Morgan fingerprint density at radius 3 is 2.90 bits per heavy atom. The number of imidazole rings is 1. The van der Waals surface area contributed by atoms with Crippen LogP contribution in [0.2, 0.25) is 0 Å². The first-order chi connectivity index (χ1) is 9.56. The lowest BCUT2D eigenvalue weighted by Crippen LogP contribution is -2.39. The van der Waals surface area contributed by atoms with Crippen molar-refractivity contribution in [3.8, 4) is 0 Å². The fraction of sp³-hybridized carbons (Fsp3) is 0.357. The molecular weight excluding hydrogens is 258 g/mol. The molecule has 1 aromatic carbocycles. The highest BCUT2D eigenvalue weighted by atomic mass is 16.4. The van der Waals surface area contributed by atoms with Gasteiger partial charge in [0.1, 0.15) is 11.9 Å². The molecule has 1 saturated carbocycles. The van der Waals surface area contributed by atoms with Gasteiger partial charge in [-0.1, -0.05) is 12.1 Å². The lowest BCUT2D eigenvalue weighted by Gasteiger charge is -2.08. The van der Waals surface area contributed by atoms with Gasteiger partial charge in [-0.05, 0) is 25.5 Å². The van der Waals surface area contributed by atoms with Crippen molar-refractivity contribution in [2.75, 3.05) is 0 Å². The van der Waals surface area contributed by atoms with Gasteiger partial charge in [-0.15, -0.1) is 0 Å². The molecule has 6 nitrogen and oxygen atoms in total. The fourth-order valence-corrected chi connectivity index (χ4v) is 2.32. The number of aliphatic carboxylic acids is 1. The predicted molar refractivity (Wildman–Crippen MR) is 72.2 cm³/mol. The molecule has 0 aliphatic heterocycles. The number of hydrogen-bond acceptors (Lipinski definition) is 3. The van der Waals surface area contributed by atoms with Crippen molar-refractivity contribution >= 4 is 22.9 Å². The molecule has 104 valence electrons. The average Bonchev–Trinajstić information content (AvgIpc) is 3.10. The Balaban J connectivity index is 1.69.